The van der Waals surface area contributed by atoms with Gasteiger partial charge in [-0.15, -0.1) is 0 Å². The van der Waals surface area contributed by atoms with Gasteiger partial charge in [-0.05, 0) is 37.0 Å². The van der Waals surface area contributed by atoms with E-state index in [0.717, 1.165) is 25.2 Å². The Labute approximate surface area is 145 Å². The van der Waals surface area contributed by atoms with Gasteiger partial charge in [-0.25, -0.2) is 0 Å². The lowest BCUT2D eigenvalue weighted by Crippen LogP contribution is -2.42. The molecule has 0 bridgehead atoms. The Balaban J connectivity index is 1.70. The fraction of sp³-hybridized carbons (Fsp3) is 0.950. The molecule has 3 rings (SSSR count). The van der Waals surface area contributed by atoms with Crippen LogP contribution in [0.4, 0.5) is 0 Å². The van der Waals surface area contributed by atoms with Gasteiger partial charge in [0.2, 0.25) is 6.04 Å². The Kier molecular flexibility index (Phi) is 5.93. The Morgan fingerprint density at radius 3 is 2.21 bits per heavy atom. The molecule has 24 heavy (non-hydrogen) atoms. The van der Waals surface area contributed by atoms with Crippen LogP contribution in [-0.4, -0.2) is 16.7 Å². The van der Waals surface area contributed by atoms with Crippen LogP contribution < -0.4 is 0 Å². The standard InChI is InChI=1S/C20H33NO3/c1-14-7-9-16(10-8-14)20(22)18-12-11-17(21(23)24)13-19(18)15-5-3-2-4-6-15/h14-19H,2-13H2,1H3. The second-order valence-corrected chi connectivity index (χ2v) is 8.78. The van der Waals surface area contributed by atoms with E-state index in [1.807, 2.05) is 0 Å². The van der Waals surface area contributed by atoms with E-state index in [2.05, 4.69) is 6.92 Å². The second-order valence-electron chi connectivity index (χ2n) is 8.78. The maximum absolute atomic E-state index is 13.2. The van der Waals surface area contributed by atoms with Gasteiger partial charge in [0.15, 0.2) is 0 Å². The molecule has 0 aliphatic heterocycles. The van der Waals surface area contributed by atoms with Crippen LogP contribution >= 0.6 is 0 Å². The molecular formula is C20H33NO3. The highest BCUT2D eigenvalue weighted by atomic mass is 16.6. The normalized spacial score (nSPS) is 38.6. The summed E-state index contributed by atoms with van der Waals surface area (Å²) in [5, 5.41) is 11.3. The maximum Gasteiger partial charge on any atom is 0.213 e. The fourth-order valence-corrected chi connectivity index (χ4v) is 5.66. The molecule has 3 aliphatic rings. The van der Waals surface area contributed by atoms with Crippen LogP contribution in [0.3, 0.4) is 0 Å². The Hall–Kier alpha value is -0.930. The summed E-state index contributed by atoms with van der Waals surface area (Å²) in [7, 11) is 0. The van der Waals surface area contributed by atoms with Crippen molar-refractivity contribution in [1.29, 1.82) is 0 Å². The molecule has 4 nitrogen and oxygen atoms in total. The molecule has 3 atom stereocenters. The molecule has 0 aromatic heterocycles. The van der Waals surface area contributed by atoms with Crippen molar-refractivity contribution in [3.05, 3.63) is 10.1 Å². The van der Waals surface area contributed by atoms with Crippen LogP contribution in [0.1, 0.15) is 84.0 Å². The molecule has 0 heterocycles. The van der Waals surface area contributed by atoms with Gasteiger partial charge in [0, 0.05) is 29.6 Å². The molecule has 0 N–H and O–H groups in total. The first kappa shape index (κ1) is 17.9. The van der Waals surface area contributed by atoms with E-state index >= 15 is 0 Å². The van der Waals surface area contributed by atoms with Crippen LogP contribution in [0.15, 0.2) is 0 Å². The summed E-state index contributed by atoms with van der Waals surface area (Å²) in [6.07, 6.45) is 12.6. The predicted molar refractivity (Wildman–Crippen MR) is 94.3 cm³/mol. The molecule has 0 aromatic carbocycles. The number of rotatable bonds is 4. The van der Waals surface area contributed by atoms with Gasteiger partial charge >= 0.3 is 0 Å². The third kappa shape index (κ3) is 4.00. The summed E-state index contributed by atoms with van der Waals surface area (Å²) >= 11 is 0. The summed E-state index contributed by atoms with van der Waals surface area (Å²) in [5.74, 6) is 2.42. The summed E-state index contributed by atoms with van der Waals surface area (Å²) in [6.45, 7) is 2.29. The van der Waals surface area contributed by atoms with Crippen LogP contribution in [-0.2, 0) is 4.79 Å². The number of carbonyl (C=O) groups excluding carboxylic acids is 1. The monoisotopic (exact) mass is 335 g/mol. The Morgan fingerprint density at radius 2 is 1.58 bits per heavy atom. The first-order valence-corrected chi connectivity index (χ1v) is 10.2. The summed E-state index contributed by atoms with van der Waals surface area (Å²) in [5.41, 5.74) is 0. The lowest BCUT2D eigenvalue weighted by atomic mass is 9.63. The van der Waals surface area contributed by atoms with Crippen molar-refractivity contribution in [3.8, 4) is 0 Å². The van der Waals surface area contributed by atoms with Crippen LogP contribution in [0.2, 0.25) is 0 Å². The summed E-state index contributed by atoms with van der Waals surface area (Å²) < 4.78 is 0. The van der Waals surface area contributed by atoms with Crippen LogP contribution in [0.25, 0.3) is 0 Å². The van der Waals surface area contributed by atoms with Crippen LogP contribution in [0.5, 0.6) is 0 Å². The van der Waals surface area contributed by atoms with Gasteiger partial charge in [-0.2, -0.15) is 0 Å². The topological polar surface area (TPSA) is 60.2 Å². The molecule has 4 heteroatoms. The molecule has 3 aliphatic carbocycles. The maximum atomic E-state index is 13.2. The summed E-state index contributed by atoms with van der Waals surface area (Å²) in [6, 6.07) is -0.410. The number of ketones is 1. The van der Waals surface area contributed by atoms with Gasteiger partial charge in [0.1, 0.15) is 5.78 Å². The third-order valence-electron chi connectivity index (χ3n) is 7.21. The molecule has 0 aromatic rings. The largest absolute Gasteiger partial charge is 0.299 e. The molecular weight excluding hydrogens is 302 g/mol. The first-order chi connectivity index (χ1) is 11.6. The quantitative estimate of drug-likeness (QED) is 0.535. The number of hydrogen-bond acceptors (Lipinski definition) is 3. The summed E-state index contributed by atoms with van der Waals surface area (Å²) in [4.78, 5) is 24.5. The fourth-order valence-electron chi connectivity index (χ4n) is 5.66. The van der Waals surface area contributed by atoms with E-state index in [9.17, 15) is 14.9 Å². The molecule has 3 saturated carbocycles. The van der Waals surface area contributed by atoms with Gasteiger partial charge in [0.25, 0.3) is 0 Å². The van der Waals surface area contributed by atoms with Crippen molar-refractivity contribution in [2.45, 2.75) is 90.0 Å². The lowest BCUT2D eigenvalue weighted by molar-refractivity contribution is -0.529. The highest BCUT2D eigenvalue weighted by Gasteiger charge is 2.44. The smallest absolute Gasteiger partial charge is 0.213 e. The number of Topliss-reactive ketones (excluding diaryl/α,β-unsaturated/α-hetero) is 1. The first-order valence-electron chi connectivity index (χ1n) is 10.2. The Morgan fingerprint density at radius 1 is 0.917 bits per heavy atom. The van der Waals surface area contributed by atoms with Crippen molar-refractivity contribution >= 4 is 5.78 Å². The second kappa shape index (κ2) is 7.97. The zero-order valence-corrected chi connectivity index (χ0v) is 15.1. The van der Waals surface area contributed by atoms with Gasteiger partial charge < -0.3 is 0 Å². The van der Waals surface area contributed by atoms with E-state index in [0.29, 0.717) is 24.5 Å². The van der Waals surface area contributed by atoms with E-state index in [-0.39, 0.29) is 22.7 Å². The zero-order valence-electron chi connectivity index (χ0n) is 15.1. The van der Waals surface area contributed by atoms with Gasteiger partial charge in [0.05, 0.1) is 0 Å². The highest BCUT2D eigenvalue weighted by Crippen LogP contribution is 2.44. The minimum atomic E-state index is -0.410. The molecule has 0 saturated heterocycles. The molecule has 136 valence electrons. The number of carbonyl (C=O) groups is 1. The van der Waals surface area contributed by atoms with Crippen molar-refractivity contribution in [2.24, 2.45) is 29.6 Å². The molecule has 3 unspecified atom stereocenters. The zero-order chi connectivity index (χ0) is 17.1. The third-order valence-corrected chi connectivity index (χ3v) is 7.21. The van der Waals surface area contributed by atoms with Gasteiger partial charge in [-0.3, -0.25) is 14.9 Å². The average molecular weight is 335 g/mol. The number of hydrogen-bond donors (Lipinski definition) is 0. The minimum absolute atomic E-state index is 0.0845. The predicted octanol–water partition coefficient (Wildman–Crippen LogP) is 5.02. The van der Waals surface area contributed by atoms with Crippen molar-refractivity contribution < 1.29 is 9.72 Å². The van der Waals surface area contributed by atoms with Crippen LogP contribution in [0, 0.1) is 39.7 Å². The lowest BCUT2D eigenvalue weighted by Gasteiger charge is -2.40. The Bertz CT molecular complexity index is 450. The van der Waals surface area contributed by atoms with E-state index in [1.54, 1.807) is 0 Å². The molecule has 0 amide bonds. The van der Waals surface area contributed by atoms with E-state index in [1.165, 1.54) is 44.9 Å². The average Bonchev–Trinajstić information content (AvgIpc) is 2.62. The van der Waals surface area contributed by atoms with Crippen molar-refractivity contribution in [3.63, 3.8) is 0 Å². The van der Waals surface area contributed by atoms with Gasteiger partial charge in [-0.1, -0.05) is 51.9 Å². The van der Waals surface area contributed by atoms with Crippen molar-refractivity contribution in [1.82, 2.24) is 0 Å². The highest BCUT2D eigenvalue weighted by molar-refractivity contribution is 5.84. The molecule has 0 spiro atoms. The van der Waals surface area contributed by atoms with E-state index < -0.39 is 6.04 Å². The number of nitro groups is 1. The SMILES string of the molecule is CC1CCC(C(=O)C2CCC([N+](=O)[O-])CC2C2CCCCC2)CC1. The molecule has 3 fully saturated rings. The number of nitrogens with zero attached hydrogens (tertiary/aromatic N) is 1. The van der Waals surface area contributed by atoms with E-state index in [4.69, 9.17) is 0 Å². The minimum Gasteiger partial charge on any atom is -0.299 e. The molecule has 0 radical (unpaired) electrons. The van der Waals surface area contributed by atoms with Crippen molar-refractivity contribution in [2.75, 3.05) is 0 Å².